The van der Waals surface area contributed by atoms with Gasteiger partial charge < -0.3 is 14.9 Å². The van der Waals surface area contributed by atoms with E-state index < -0.39 is 0 Å². The van der Waals surface area contributed by atoms with Crippen LogP contribution in [0.4, 0.5) is 11.4 Å². The molecule has 0 saturated heterocycles. The number of benzene rings is 2. The van der Waals surface area contributed by atoms with Gasteiger partial charge in [0.25, 0.3) is 0 Å². The summed E-state index contributed by atoms with van der Waals surface area (Å²) in [6, 6.07) is 11.5. The van der Waals surface area contributed by atoms with Crippen molar-refractivity contribution < 1.29 is 5.11 Å². The fraction of sp³-hybridized carbons (Fsp3) is 0.294. The van der Waals surface area contributed by atoms with E-state index in [1.807, 2.05) is 24.3 Å². The van der Waals surface area contributed by atoms with Gasteiger partial charge in [0.2, 0.25) is 0 Å². The summed E-state index contributed by atoms with van der Waals surface area (Å²) < 4.78 is 0. The molecule has 0 saturated carbocycles. The van der Waals surface area contributed by atoms with Gasteiger partial charge in [-0.1, -0.05) is 23.4 Å². The number of halogens is 1. The third-order valence-corrected chi connectivity index (χ3v) is 5.00. The van der Waals surface area contributed by atoms with E-state index in [4.69, 9.17) is 11.6 Å². The van der Waals surface area contributed by atoms with Crippen molar-refractivity contribution in [1.82, 2.24) is 4.90 Å². The first-order valence-electron chi connectivity index (χ1n) is 7.27. The Labute approximate surface area is 140 Å². The number of phenolic OH excluding ortho intramolecular Hbond substituents is 1. The largest absolute Gasteiger partial charge is 0.508 e. The number of hydrogen-bond donors (Lipinski definition) is 1. The predicted octanol–water partition coefficient (Wildman–Crippen LogP) is 4.60. The van der Waals surface area contributed by atoms with Gasteiger partial charge in [-0.15, -0.1) is 0 Å². The monoisotopic (exact) mass is 334 g/mol. The molecule has 0 bridgehead atoms. The maximum Gasteiger partial charge on any atom is 0.117 e. The molecular formula is C17H19ClN2OS. The number of aromatic hydroxyl groups is 1. The van der Waals surface area contributed by atoms with Gasteiger partial charge in [0.05, 0.1) is 11.4 Å². The first-order chi connectivity index (χ1) is 10.5. The smallest absolute Gasteiger partial charge is 0.117 e. The number of hydrogen-bond acceptors (Lipinski definition) is 4. The minimum absolute atomic E-state index is 0.300. The highest BCUT2D eigenvalue weighted by atomic mass is 35.5. The average Bonchev–Trinajstić information content (AvgIpc) is 2.46. The lowest BCUT2D eigenvalue weighted by atomic mass is 10.2. The summed E-state index contributed by atoms with van der Waals surface area (Å²) in [5, 5.41) is 10.6. The van der Waals surface area contributed by atoms with E-state index in [1.165, 1.54) is 0 Å². The van der Waals surface area contributed by atoms with Crippen molar-refractivity contribution in [3.63, 3.8) is 0 Å². The molecule has 1 N–H and O–H groups in total. The molecule has 3 nitrogen and oxygen atoms in total. The van der Waals surface area contributed by atoms with Crippen LogP contribution in [0.15, 0.2) is 46.2 Å². The molecule has 5 heteroatoms. The highest BCUT2D eigenvalue weighted by molar-refractivity contribution is 7.99. The quantitative estimate of drug-likeness (QED) is 0.884. The summed E-state index contributed by atoms with van der Waals surface area (Å²) in [4.78, 5) is 6.78. The zero-order chi connectivity index (χ0) is 15.7. The lowest BCUT2D eigenvalue weighted by Crippen LogP contribution is -2.25. The van der Waals surface area contributed by atoms with Gasteiger partial charge in [-0.25, -0.2) is 0 Å². The highest BCUT2D eigenvalue weighted by Gasteiger charge is 2.23. The van der Waals surface area contributed by atoms with Gasteiger partial charge in [0.15, 0.2) is 0 Å². The molecule has 2 aromatic rings. The maximum absolute atomic E-state index is 9.85. The summed E-state index contributed by atoms with van der Waals surface area (Å²) in [5.41, 5.74) is 2.23. The van der Waals surface area contributed by atoms with E-state index >= 15 is 0 Å². The second-order valence-electron chi connectivity index (χ2n) is 5.67. The molecule has 2 aromatic carbocycles. The number of fused-ring (bicyclic) bond motifs is 2. The standard InChI is InChI=1S/C17H19ClN2OS/c1-19(2)8-3-9-20-14-6-4-12(18)10-17(14)22-16-7-5-13(21)11-15(16)20/h4-7,10-11,21H,3,8-9H2,1-2H3. The number of anilines is 2. The topological polar surface area (TPSA) is 26.7 Å². The fourth-order valence-corrected chi connectivity index (χ4v) is 3.98. The van der Waals surface area contributed by atoms with Gasteiger partial charge in [0.1, 0.15) is 5.75 Å². The summed E-state index contributed by atoms with van der Waals surface area (Å²) in [5.74, 6) is 0.300. The molecule has 116 valence electrons. The van der Waals surface area contributed by atoms with Crippen LogP contribution >= 0.6 is 23.4 Å². The molecule has 0 atom stereocenters. The summed E-state index contributed by atoms with van der Waals surface area (Å²) >= 11 is 7.85. The highest BCUT2D eigenvalue weighted by Crippen LogP contribution is 2.49. The van der Waals surface area contributed by atoms with E-state index in [9.17, 15) is 5.11 Å². The Morgan fingerprint density at radius 2 is 1.91 bits per heavy atom. The minimum atomic E-state index is 0.300. The molecule has 1 heterocycles. The first-order valence-corrected chi connectivity index (χ1v) is 8.47. The Balaban J connectivity index is 1.97. The third-order valence-electron chi connectivity index (χ3n) is 3.65. The molecule has 3 rings (SSSR count). The van der Waals surface area contributed by atoms with E-state index in [0.717, 1.165) is 45.7 Å². The number of phenols is 1. The van der Waals surface area contributed by atoms with Crippen molar-refractivity contribution in [3.05, 3.63) is 41.4 Å². The van der Waals surface area contributed by atoms with Gasteiger partial charge in [-0.3, -0.25) is 0 Å². The molecular weight excluding hydrogens is 316 g/mol. The van der Waals surface area contributed by atoms with Gasteiger partial charge in [-0.2, -0.15) is 0 Å². The molecule has 0 spiro atoms. The van der Waals surface area contributed by atoms with Crippen LogP contribution in [0.3, 0.4) is 0 Å². The summed E-state index contributed by atoms with van der Waals surface area (Å²) in [6.07, 6.45) is 1.05. The summed E-state index contributed by atoms with van der Waals surface area (Å²) in [6.45, 7) is 1.94. The maximum atomic E-state index is 9.85. The zero-order valence-electron chi connectivity index (χ0n) is 12.7. The van der Waals surface area contributed by atoms with Gasteiger partial charge in [0, 0.05) is 27.4 Å². The van der Waals surface area contributed by atoms with Crippen molar-refractivity contribution in [2.75, 3.05) is 32.1 Å². The number of nitrogens with zero attached hydrogens (tertiary/aromatic N) is 2. The lowest BCUT2D eigenvalue weighted by Gasteiger charge is -2.33. The van der Waals surface area contributed by atoms with Crippen molar-refractivity contribution in [2.24, 2.45) is 0 Å². The van der Waals surface area contributed by atoms with Crippen LogP contribution in [-0.4, -0.2) is 37.2 Å². The van der Waals surface area contributed by atoms with Crippen LogP contribution in [-0.2, 0) is 0 Å². The number of rotatable bonds is 4. The second-order valence-corrected chi connectivity index (χ2v) is 7.19. The summed E-state index contributed by atoms with van der Waals surface area (Å²) in [7, 11) is 4.17. The Kier molecular flexibility index (Phi) is 4.52. The van der Waals surface area contributed by atoms with E-state index in [1.54, 1.807) is 17.8 Å². The van der Waals surface area contributed by atoms with E-state index in [2.05, 4.69) is 30.0 Å². The van der Waals surface area contributed by atoms with Crippen molar-refractivity contribution >= 4 is 34.7 Å². The second kappa shape index (κ2) is 6.41. The van der Waals surface area contributed by atoms with Crippen LogP contribution in [0, 0.1) is 0 Å². The minimum Gasteiger partial charge on any atom is -0.508 e. The van der Waals surface area contributed by atoms with E-state index in [-0.39, 0.29) is 0 Å². The lowest BCUT2D eigenvalue weighted by molar-refractivity contribution is 0.402. The molecule has 1 aliphatic rings. The van der Waals surface area contributed by atoms with Crippen LogP contribution in [0.2, 0.25) is 5.02 Å². The first kappa shape index (κ1) is 15.5. The molecule has 0 amide bonds. The Hall–Kier alpha value is -1.36. The zero-order valence-corrected chi connectivity index (χ0v) is 14.3. The Morgan fingerprint density at radius 1 is 1.09 bits per heavy atom. The molecule has 0 unspecified atom stereocenters. The van der Waals surface area contributed by atoms with Crippen molar-refractivity contribution in [2.45, 2.75) is 16.2 Å². The Bertz CT molecular complexity index is 690. The van der Waals surface area contributed by atoms with Gasteiger partial charge >= 0.3 is 0 Å². The van der Waals surface area contributed by atoms with E-state index in [0.29, 0.717) is 5.75 Å². The normalized spacial score (nSPS) is 13.2. The molecule has 0 fully saturated rings. The van der Waals surface area contributed by atoms with Crippen LogP contribution in [0.5, 0.6) is 5.75 Å². The molecule has 0 radical (unpaired) electrons. The van der Waals surface area contributed by atoms with Gasteiger partial charge in [-0.05, 0) is 57.4 Å². The SMILES string of the molecule is CN(C)CCCN1c2ccc(Cl)cc2Sc2ccc(O)cc21. The average molecular weight is 335 g/mol. The fourth-order valence-electron chi connectivity index (χ4n) is 2.63. The van der Waals surface area contributed by atoms with Crippen LogP contribution in [0.25, 0.3) is 0 Å². The van der Waals surface area contributed by atoms with Crippen LogP contribution < -0.4 is 4.90 Å². The predicted molar refractivity (Wildman–Crippen MR) is 93.9 cm³/mol. The third kappa shape index (κ3) is 3.19. The van der Waals surface area contributed by atoms with Crippen LogP contribution in [0.1, 0.15) is 6.42 Å². The molecule has 0 aliphatic carbocycles. The molecule has 1 aliphatic heterocycles. The molecule has 0 aromatic heterocycles. The molecule has 22 heavy (non-hydrogen) atoms. The Morgan fingerprint density at radius 3 is 2.68 bits per heavy atom. The van der Waals surface area contributed by atoms with Crippen molar-refractivity contribution in [1.29, 1.82) is 0 Å². The van der Waals surface area contributed by atoms with Crippen molar-refractivity contribution in [3.8, 4) is 5.75 Å².